The van der Waals surface area contributed by atoms with Crippen LogP contribution in [0, 0.1) is 11.3 Å². The van der Waals surface area contributed by atoms with Gasteiger partial charge in [-0.2, -0.15) is 5.26 Å². The number of rotatable bonds is 1. The molecule has 0 aromatic rings. The lowest BCUT2D eigenvalue weighted by Crippen LogP contribution is -2.00. The SMILES string of the molecule is C/C=C1/CCC=C(CC#N)/C1=C/C. The summed E-state index contributed by atoms with van der Waals surface area (Å²) in [7, 11) is 0. The van der Waals surface area contributed by atoms with Gasteiger partial charge in [-0.1, -0.05) is 18.2 Å². The van der Waals surface area contributed by atoms with E-state index in [9.17, 15) is 0 Å². The van der Waals surface area contributed by atoms with Crippen molar-refractivity contribution in [2.24, 2.45) is 0 Å². The van der Waals surface area contributed by atoms with Gasteiger partial charge in [0.2, 0.25) is 0 Å². The number of nitrogens with zero attached hydrogens (tertiary/aromatic N) is 1. The second kappa shape index (κ2) is 4.67. The van der Waals surface area contributed by atoms with E-state index in [2.05, 4.69) is 31.2 Å². The molecular weight excluding hydrogens is 158 g/mol. The van der Waals surface area contributed by atoms with Gasteiger partial charge in [0, 0.05) is 0 Å². The lowest BCUT2D eigenvalue weighted by atomic mass is 9.87. The lowest BCUT2D eigenvalue weighted by molar-refractivity contribution is 0.926. The number of allylic oxidation sites excluding steroid dienone is 6. The largest absolute Gasteiger partial charge is 0.198 e. The summed E-state index contributed by atoms with van der Waals surface area (Å²) in [5.74, 6) is 0. The molecule has 0 fully saturated rings. The maximum atomic E-state index is 8.65. The minimum Gasteiger partial charge on any atom is -0.198 e. The van der Waals surface area contributed by atoms with E-state index in [0.29, 0.717) is 6.42 Å². The Balaban J connectivity index is 2.97. The summed E-state index contributed by atoms with van der Waals surface area (Å²) in [4.78, 5) is 0. The molecule has 0 atom stereocenters. The highest BCUT2D eigenvalue weighted by Gasteiger charge is 2.12. The molecule has 0 spiro atoms. The fraction of sp³-hybridized carbons (Fsp3) is 0.417. The summed E-state index contributed by atoms with van der Waals surface area (Å²) in [5.41, 5.74) is 3.86. The normalized spacial score (nSPS) is 23.0. The van der Waals surface area contributed by atoms with Crippen molar-refractivity contribution >= 4 is 0 Å². The van der Waals surface area contributed by atoms with E-state index in [-0.39, 0.29) is 0 Å². The van der Waals surface area contributed by atoms with Crippen LogP contribution < -0.4 is 0 Å². The molecule has 1 rings (SSSR count). The first kappa shape index (κ1) is 9.80. The average Bonchev–Trinajstić information content (AvgIpc) is 2.18. The molecule has 0 heterocycles. The van der Waals surface area contributed by atoms with Gasteiger partial charge < -0.3 is 0 Å². The Hall–Kier alpha value is -1.29. The van der Waals surface area contributed by atoms with Crippen molar-refractivity contribution < 1.29 is 0 Å². The Morgan fingerprint density at radius 3 is 2.77 bits per heavy atom. The zero-order valence-corrected chi connectivity index (χ0v) is 8.30. The van der Waals surface area contributed by atoms with Crippen molar-refractivity contribution in [2.45, 2.75) is 33.1 Å². The maximum Gasteiger partial charge on any atom is 0.0669 e. The topological polar surface area (TPSA) is 23.8 Å². The van der Waals surface area contributed by atoms with Gasteiger partial charge in [0.25, 0.3) is 0 Å². The van der Waals surface area contributed by atoms with Crippen LogP contribution in [0.5, 0.6) is 0 Å². The van der Waals surface area contributed by atoms with Crippen LogP contribution >= 0.6 is 0 Å². The summed E-state index contributed by atoms with van der Waals surface area (Å²) >= 11 is 0. The summed E-state index contributed by atoms with van der Waals surface area (Å²) in [6, 6.07) is 2.21. The minimum atomic E-state index is 0.539. The van der Waals surface area contributed by atoms with Crippen LogP contribution in [0.2, 0.25) is 0 Å². The molecule has 0 aliphatic heterocycles. The zero-order chi connectivity index (χ0) is 9.68. The molecule has 1 heteroatoms. The van der Waals surface area contributed by atoms with Gasteiger partial charge in [-0.25, -0.2) is 0 Å². The summed E-state index contributed by atoms with van der Waals surface area (Å²) in [5, 5.41) is 8.65. The van der Waals surface area contributed by atoms with Gasteiger partial charge in [0.15, 0.2) is 0 Å². The van der Waals surface area contributed by atoms with Gasteiger partial charge in [0.05, 0.1) is 12.5 Å². The Labute approximate surface area is 80.1 Å². The molecule has 0 aromatic heterocycles. The van der Waals surface area contributed by atoms with E-state index in [1.165, 1.54) is 16.7 Å². The molecule has 0 unspecified atom stereocenters. The van der Waals surface area contributed by atoms with E-state index in [0.717, 1.165) is 12.8 Å². The first-order chi connectivity index (χ1) is 6.33. The maximum absolute atomic E-state index is 8.65. The second-order valence-corrected chi connectivity index (χ2v) is 3.12. The fourth-order valence-corrected chi connectivity index (χ4v) is 1.78. The van der Waals surface area contributed by atoms with Crippen molar-refractivity contribution in [2.75, 3.05) is 0 Å². The van der Waals surface area contributed by atoms with E-state index in [4.69, 9.17) is 5.26 Å². The van der Waals surface area contributed by atoms with Gasteiger partial charge in [-0.05, 0) is 43.4 Å². The quantitative estimate of drug-likeness (QED) is 0.595. The van der Waals surface area contributed by atoms with Gasteiger partial charge in [-0.15, -0.1) is 0 Å². The van der Waals surface area contributed by atoms with Crippen molar-refractivity contribution in [1.82, 2.24) is 0 Å². The van der Waals surface area contributed by atoms with Crippen molar-refractivity contribution in [3.8, 4) is 6.07 Å². The molecule has 68 valence electrons. The van der Waals surface area contributed by atoms with Crippen LogP contribution in [0.4, 0.5) is 0 Å². The van der Waals surface area contributed by atoms with E-state index in [1.807, 2.05) is 6.92 Å². The highest BCUT2D eigenvalue weighted by Crippen LogP contribution is 2.30. The van der Waals surface area contributed by atoms with Crippen LogP contribution in [-0.2, 0) is 0 Å². The number of nitriles is 1. The highest BCUT2D eigenvalue weighted by molar-refractivity contribution is 5.49. The minimum absolute atomic E-state index is 0.539. The Bertz CT molecular complexity index is 311. The lowest BCUT2D eigenvalue weighted by Gasteiger charge is -2.18. The first-order valence-corrected chi connectivity index (χ1v) is 4.71. The first-order valence-electron chi connectivity index (χ1n) is 4.71. The summed E-state index contributed by atoms with van der Waals surface area (Å²) < 4.78 is 0. The third-order valence-corrected chi connectivity index (χ3v) is 2.40. The monoisotopic (exact) mass is 173 g/mol. The highest BCUT2D eigenvalue weighted by atomic mass is 14.2. The molecular formula is C12H15N. The van der Waals surface area contributed by atoms with Crippen LogP contribution in [0.3, 0.4) is 0 Å². The Morgan fingerprint density at radius 2 is 2.23 bits per heavy atom. The van der Waals surface area contributed by atoms with Crippen molar-refractivity contribution in [3.05, 3.63) is 34.9 Å². The van der Waals surface area contributed by atoms with E-state index >= 15 is 0 Å². The van der Waals surface area contributed by atoms with Gasteiger partial charge in [0.1, 0.15) is 0 Å². The average molecular weight is 173 g/mol. The smallest absolute Gasteiger partial charge is 0.0669 e. The molecule has 0 saturated carbocycles. The molecule has 0 bridgehead atoms. The second-order valence-electron chi connectivity index (χ2n) is 3.12. The van der Waals surface area contributed by atoms with Crippen LogP contribution in [0.25, 0.3) is 0 Å². The van der Waals surface area contributed by atoms with Crippen molar-refractivity contribution in [3.63, 3.8) is 0 Å². The molecule has 0 radical (unpaired) electrons. The third kappa shape index (κ3) is 2.09. The van der Waals surface area contributed by atoms with Crippen LogP contribution in [0.1, 0.15) is 33.1 Å². The van der Waals surface area contributed by atoms with Crippen LogP contribution in [-0.4, -0.2) is 0 Å². The summed E-state index contributed by atoms with van der Waals surface area (Å²) in [6.45, 7) is 4.10. The van der Waals surface area contributed by atoms with Gasteiger partial charge in [-0.3, -0.25) is 0 Å². The molecule has 13 heavy (non-hydrogen) atoms. The molecule has 1 aliphatic carbocycles. The van der Waals surface area contributed by atoms with E-state index < -0.39 is 0 Å². The molecule has 1 nitrogen and oxygen atoms in total. The predicted molar refractivity (Wildman–Crippen MR) is 55.1 cm³/mol. The standard InChI is InChI=1S/C12H15N/c1-3-10-6-5-7-11(8-9-13)12(10)4-2/h3-4,7H,5-6,8H2,1-2H3/b10-3-,12-4+. The van der Waals surface area contributed by atoms with E-state index in [1.54, 1.807) is 0 Å². The molecule has 0 saturated heterocycles. The van der Waals surface area contributed by atoms with Crippen molar-refractivity contribution in [1.29, 1.82) is 5.26 Å². The van der Waals surface area contributed by atoms with Gasteiger partial charge >= 0.3 is 0 Å². The Morgan fingerprint density at radius 1 is 1.46 bits per heavy atom. The summed E-state index contributed by atoms with van der Waals surface area (Å²) in [6.07, 6.45) is 9.18. The fourth-order valence-electron chi connectivity index (χ4n) is 1.78. The number of hydrogen-bond acceptors (Lipinski definition) is 1. The predicted octanol–water partition coefficient (Wildman–Crippen LogP) is 3.51. The molecule has 1 aliphatic rings. The van der Waals surface area contributed by atoms with Crippen LogP contribution in [0.15, 0.2) is 34.9 Å². The zero-order valence-electron chi connectivity index (χ0n) is 8.30. The molecule has 0 N–H and O–H groups in total. The Kier molecular flexibility index (Phi) is 3.52. The third-order valence-electron chi connectivity index (χ3n) is 2.40. The number of hydrogen-bond donors (Lipinski definition) is 0. The molecule has 0 amide bonds. The molecule has 0 aromatic carbocycles.